The predicted octanol–water partition coefficient (Wildman–Crippen LogP) is 4.13. The Balaban J connectivity index is 2.50. The quantitative estimate of drug-likeness (QED) is 0.831. The Labute approximate surface area is 136 Å². The van der Waals surface area contributed by atoms with E-state index in [4.69, 9.17) is 11.6 Å². The summed E-state index contributed by atoms with van der Waals surface area (Å²) in [6.45, 7) is 9.50. The molecule has 22 heavy (non-hydrogen) atoms. The smallest absolute Gasteiger partial charge is 0.257 e. The van der Waals surface area contributed by atoms with E-state index in [9.17, 15) is 4.79 Å². The maximum absolute atomic E-state index is 12.7. The summed E-state index contributed by atoms with van der Waals surface area (Å²) in [6, 6.07) is 7.48. The minimum absolute atomic E-state index is 0.0360. The molecule has 0 aliphatic heterocycles. The highest BCUT2D eigenvalue weighted by atomic mass is 35.5. The van der Waals surface area contributed by atoms with Gasteiger partial charge >= 0.3 is 0 Å². The van der Waals surface area contributed by atoms with Crippen LogP contribution in [-0.4, -0.2) is 33.7 Å². The monoisotopic (exact) mass is 319 g/mol. The SMILES string of the molecule is CCN(CC)C(=O)c1cnn(-c2ccc(Cl)cc2)c1C(C)C. The van der Waals surface area contributed by atoms with E-state index < -0.39 is 0 Å². The molecule has 1 aromatic heterocycles. The van der Waals surface area contributed by atoms with Crippen LogP contribution in [0.4, 0.5) is 0 Å². The highest BCUT2D eigenvalue weighted by Gasteiger charge is 2.23. The maximum atomic E-state index is 12.7. The fourth-order valence-electron chi connectivity index (χ4n) is 2.55. The van der Waals surface area contributed by atoms with E-state index in [0.717, 1.165) is 11.4 Å². The number of rotatable bonds is 5. The molecule has 1 heterocycles. The molecule has 0 atom stereocenters. The van der Waals surface area contributed by atoms with Crippen LogP contribution in [0.25, 0.3) is 5.69 Å². The normalized spacial score (nSPS) is 11.0. The lowest BCUT2D eigenvalue weighted by Gasteiger charge is -2.20. The van der Waals surface area contributed by atoms with Crippen LogP contribution in [0, 0.1) is 0 Å². The Morgan fingerprint density at radius 3 is 2.32 bits per heavy atom. The lowest BCUT2D eigenvalue weighted by atomic mass is 10.0. The molecular formula is C17H22ClN3O. The first-order valence-corrected chi connectivity index (χ1v) is 8.00. The van der Waals surface area contributed by atoms with Gasteiger partial charge in [-0.1, -0.05) is 25.4 Å². The Bertz CT molecular complexity index is 642. The molecule has 4 nitrogen and oxygen atoms in total. The summed E-state index contributed by atoms with van der Waals surface area (Å²) in [5, 5.41) is 5.12. The molecule has 0 bridgehead atoms. The standard InChI is InChI=1S/C17H22ClN3O/c1-5-20(6-2)17(22)15-11-19-21(16(15)12(3)4)14-9-7-13(18)8-10-14/h7-12H,5-6H2,1-4H3. The van der Waals surface area contributed by atoms with Crippen molar-refractivity contribution >= 4 is 17.5 Å². The molecule has 2 aromatic rings. The molecule has 0 aliphatic carbocycles. The third-order valence-corrected chi connectivity index (χ3v) is 3.96. The van der Waals surface area contributed by atoms with Gasteiger partial charge < -0.3 is 4.90 Å². The highest BCUT2D eigenvalue weighted by molar-refractivity contribution is 6.30. The van der Waals surface area contributed by atoms with Gasteiger partial charge in [0.1, 0.15) is 0 Å². The lowest BCUT2D eigenvalue weighted by Crippen LogP contribution is -2.31. The van der Waals surface area contributed by atoms with Gasteiger partial charge in [0.25, 0.3) is 5.91 Å². The average molecular weight is 320 g/mol. The average Bonchev–Trinajstić information content (AvgIpc) is 2.94. The predicted molar refractivity (Wildman–Crippen MR) is 89.9 cm³/mol. The number of carbonyl (C=O) groups excluding carboxylic acids is 1. The Morgan fingerprint density at radius 1 is 1.23 bits per heavy atom. The van der Waals surface area contributed by atoms with Gasteiger partial charge in [-0.2, -0.15) is 5.10 Å². The lowest BCUT2D eigenvalue weighted by molar-refractivity contribution is 0.0771. The van der Waals surface area contributed by atoms with Crippen LogP contribution in [0.2, 0.25) is 5.02 Å². The third kappa shape index (κ3) is 3.17. The van der Waals surface area contributed by atoms with E-state index in [2.05, 4.69) is 18.9 Å². The summed E-state index contributed by atoms with van der Waals surface area (Å²) in [5.41, 5.74) is 2.51. The third-order valence-electron chi connectivity index (χ3n) is 3.71. The largest absolute Gasteiger partial charge is 0.339 e. The van der Waals surface area contributed by atoms with Gasteiger partial charge in [0.05, 0.1) is 23.1 Å². The molecule has 0 N–H and O–H groups in total. The van der Waals surface area contributed by atoms with Crippen LogP contribution >= 0.6 is 11.6 Å². The number of halogens is 1. The summed E-state index contributed by atoms with van der Waals surface area (Å²) in [6.07, 6.45) is 1.67. The van der Waals surface area contributed by atoms with Crippen LogP contribution in [0.5, 0.6) is 0 Å². The minimum atomic E-state index is 0.0360. The second-order valence-corrected chi connectivity index (χ2v) is 5.90. The molecule has 0 spiro atoms. The molecule has 0 saturated heterocycles. The molecule has 0 radical (unpaired) electrons. The van der Waals surface area contributed by atoms with Gasteiger partial charge in [-0.05, 0) is 44.0 Å². The van der Waals surface area contributed by atoms with Crippen LogP contribution < -0.4 is 0 Å². The van der Waals surface area contributed by atoms with Crippen molar-refractivity contribution in [1.29, 1.82) is 0 Å². The summed E-state index contributed by atoms with van der Waals surface area (Å²) in [4.78, 5) is 14.5. The first-order valence-electron chi connectivity index (χ1n) is 7.62. The van der Waals surface area contributed by atoms with Gasteiger partial charge in [-0.25, -0.2) is 4.68 Å². The second kappa shape index (κ2) is 6.97. The highest BCUT2D eigenvalue weighted by Crippen LogP contribution is 2.25. The molecular weight excluding hydrogens is 298 g/mol. The fourth-order valence-corrected chi connectivity index (χ4v) is 2.67. The van der Waals surface area contributed by atoms with Gasteiger partial charge in [-0.15, -0.1) is 0 Å². The molecule has 1 aromatic carbocycles. The van der Waals surface area contributed by atoms with Crippen molar-refractivity contribution < 1.29 is 4.79 Å². The topological polar surface area (TPSA) is 38.1 Å². The Kier molecular flexibility index (Phi) is 5.24. The molecule has 0 unspecified atom stereocenters. The van der Waals surface area contributed by atoms with E-state index in [0.29, 0.717) is 23.7 Å². The van der Waals surface area contributed by atoms with E-state index in [1.165, 1.54) is 0 Å². The second-order valence-electron chi connectivity index (χ2n) is 5.46. The van der Waals surface area contributed by atoms with Gasteiger partial charge in [0, 0.05) is 18.1 Å². The van der Waals surface area contributed by atoms with Crippen LogP contribution in [0.3, 0.4) is 0 Å². The van der Waals surface area contributed by atoms with Crippen molar-refractivity contribution in [1.82, 2.24) is 14.7 Å². The molecule has 5 heteroatoms. The van der Waals surface area contributed by atoms with Crippen molar-refractivity contribution in [3.8, 4) is 5.69 Å². The molecule has 1 amide bonds. The first kappa shape index (κ1) is 16.6. The zero-order valence-electron chi connectivity index (χ0n) is 13.5. The van der Waals surface area contributed by atoms with E-state index in [1.807, 2.05) is 47.7 Å². The zero-order valence-corrected chi connectivity index (χ0v) is 14.3. The molecule has 0 fully saturated rings. The van der Waals surface area contributed by atoms with Crippen molar-refractivity contribution in [2.24, 2.45) is 0 Å². The molecule has 0 aliphatic rings. The number of carbonyl (C=O) groups is 1. The van der Waals surface area contributed by atoms with Gasteiger partial charge in [-0.3, -0.25) is 4.79 Å². The fraction of sp³-hybridized carbons (Fsp3) is 0.412. The van der Waals surface area contributed by atoms with E-state index >= 15 is 0 Å². The minimum Gasteiger partial charge on any atom is -0.339 e. The maximum Gasteiger partial charge on any atom is 0.257 e. The van der Waals surface area contributed by atoms with Gasteiger partial charge in [0.2, 0.25) is 0 Å². The summed E-state index contributed by atoms with van der Waals surface area (Å²) >= 11 is 5.95. The number of hydrogen-bond acceptors (Lipinski definition) is 2. The summed E-state index contributed by atoms with van der Waals surface area (Å²) in [7, 11) is 0. The van der Waals surface area contributed by atoms with E-state index in [1.54, 1.807) is 6.20 Å². The van der Waals surface area contributed by atoms with Crippen molar-refractivity contribution in [2.45, 2.75) is 33.6 Å². The number of hydrogen-bond donors (Lipinski definition) is 0. The summed E-state index contributed by atoms with van der Waals surface area (Å²) in [5.74, 6) is 0.224. The van der Waals surface area contributed by atoms with Gasteiger partial charge in [0.15, 0.2) is 0 Å². The number of benzene rings is 1. The number of aromatic nitrogens is 2. The molecule has 0 saturated carbocycles. The Hall–Kier alpha value is -1.81. The van der Waals surface area contributed by atoms with Crippen molar-refractivity contribution in [3.63, 3.8) is 0 Å². The van der Waals surface area contributed by atoms with E-state index in [-0.39, 0.29) is 11.8 Å². The molecule has 118 valence electrons. The van der Waals surface area contributed by atoms with Crippen LogP contribution in [0.15, 0.2) is 30.5 Å². The number of amides is 1. The Morgan fingerprint density at radius 2 is 1.82 bits per heavy atom. The zero-order chi connectivity index (χ0) is 16.3. The molecule has 2 rings (SSSR count). The summed E-state index contributed by atoms with van der Waals surface area (Å²) < 4.78 is 1.83. The van der Waals surface area contributed by atoms with Crippen LogP contribution in [0.1, 0.15) is 49.7 Å². The van der Waals surface area contributed by atoms with Crippen molar-refractivity contribution in [2.75, 3.05) is 13.1 Å². The van der Waals surface area contributed by atoms with Crippen molar-refractivity contribution in [3.05, 3.63) is 46.7 Å². The number of nitrogens with zero attached hydrogens (tertiary/aromatic N) is 3. The first-order chi connectivity index (χ1) is 10.5. The van der Waals surface area contributed by atoms with Crippen LogP contribution in [-0.2, 0) is 0 Å².